The zero-order chi connectivity index (χ0) is 18.7. The molecule has 1 aromatic rings. The van der Waals surface area contributed by atoms with Gasteiger partial charge in [-0.15, -0.1) is 0 Å². The normalized spacial score (nSPS) is 21.2. The van der Waals surface area contributed by atoms with Crippen molar-refractivity contribution in [2.45, 2.75) is 53.4 Å². The molecule has 0 spiro atoms. The Hall–Kier alpha value is -1.55. The van der Waals surface area contributed by atoms with Crippen LogP contribution in [0.1, 0.15) is 48.9 Å². The van der Waals surface area contributed by atoms with E-state index >= 15 is 0 Å². The van der Waals surface area contributed by atoms with Crippen molar-refractivity contribution >= 4 is 5.91 Å². The molecule has 0 saturated carbocycles. The number of fused-ring (bicyclic) bond motifs is 1. The summed E-state index contributed by atoms with van der Waals surface area (Å²) in [6, 6.07) is 2.20. The number of hydrogen-bond acceptors (Lipinski definition) is 3. The molecule has 144 valence electrons. The minimum atomic E-state index is 0.0705. The number of nitrogens with zero attached hydrogens (tertiary/aromatic N) is 1. The molecule has 1 fully saturated rings. The van der Waals surface area contributed by atoms with Gasteiger partial charge in [-0.3, -0.25) is 4.79 Å². The van der Waals surface area contributed by atoms with Gasteiger partial charge in [0.05, 0.1) is 19.8 Å². The molecule has 3 rings (SSSR count). The van der Waals surface area contributed by atoms with Gasteiger partial charge in [0.2, 0.25) is 5.91 Å². The topological polar surface area (TPSA) is 38.8 Å². The Bertz CT molecular complexity index is 649. The first kappa shape index (κ1) is 19.2. The van der Waals surface area contributed by atoms with Crippen LogP contribution in [0, 0.1) is 25.7 Å². The lowest BCUT2D eigenvalue weighted by Gasteiger charge is -2.35. The largest absolute Gasteiger partial charge is 0.493 e. The summed E-state index contributed by atoms with van der Waals surface area (Å²) in [6.07, 6.45) is 4.17. The first-order valence-corrected chi connectivity index (χ1v) is 10.1. The van der Waals surface area contributed by atoms with Gasteiger partial charge in [0.1, 0.15) is 5.75 Å². The molecule has 26 heavy (non-hydrogen) atoms. The molecule has 0 aromatic heterocycles. The highest BCUT2D eigenvalue weighted by molar-refractivity contribution is 5.79. The van der Waals surface area contributed by atoms with Crippen LogP contribution in [0.15, 0.2) is 6.07 Å². The van der Waals surface area contributed by atoms with Crippen LogP contribution in [0.2, 0.25) is 0 Å². The summed E-state index contributed by atoms with van der Waals surface area (Å²) < 4.78 is 11.4. The Labute approximate surface area is 157 Å². The number of morpholine rings is 1. The monoisotopic (exact) mass is 359 g/mol. The highest BCUT2D eigenvalue weighted by Crippen LogP contribution is 2.38. The van der Waals surface area contributed by atoms with Crippen LogP contribution in [0.3, 0.4) is 0 Å². The number of aryl methyl sites for hydroxylation is 1. The summed E-state index contributed by atoms with van der Waals surface area (Å²) >= 11 is 0. The van der Waals surface area contributed by atoms with Crippen molar-refractivity contribution in [1.82, 2.24) is 4.90 Å². The molecule has 4 nitrogen and oxygen atoms in total. The van der Waals surface area contributed by atoms with Crippen LogP contribution in [-0.2, 0) is 22.4 Å². The molecule has 1 aliphatic heterocycles. The summed E-state index contributed by atoms with van der Waals surface area (Å²) in [5, 5.41) is 0. The summed E-state index contributed by atoms with van der Waals surface area (Å²) in [6.45, 7) is 12.2. The van der Waals surface area contributed by atoms with Crippen molar-refractivity contribution < 1.29 is 14.3 Å². The predicted molar refractivity (Wildman–Crippen MR) is 104 cm³/mol. The predicted octanol–water partition coefficient (Wildman–Crippen LogP) is 3.69. The maximum atomic E-state index is 12.9. The van der Waals surface area contributed by atoms with Gasteiger partial charge in [-0.05, 0) is 73.8 Å². The van der Waals surface area contributed by atoms with Crippen molar-refractivity contribution in [2.75, 3.05) is 32.9 Å². The third-order valence-corrected chi connectivity index (χ3v) is 6.12. The van der Waals surface area contributed by atoms with E-state index in [1.54, 1.807) is 0 Å². The van der Waals surface area contributed by atoms with Gasteiger partial charge in [0.15, 0.2) is 0 Å². The second kappa shape index (κ2) is 8.43. The average molecular weight is 360 g/mol. The number of hydrogen-bond donors (Lipinski definition) is 0. The van der Waals surface area contributed by atoms with E-state index in [1.165, 1.54) is 22.3 Å². The number of rotatable bonds is 5. The maximum absolute atomic E-state index is 12.9. The second-order valence-corrected chi connectivity index (χ2v) is 7.85. The highest BCUT2D eigenvalue weighted by atomic mass is 16.5. The summed E-state index contributed by atoms with van der Waals surface area (Å²) in [4.78, 5) is 14.9. The van der Waals surface area contributed by atoms with Crippen LogP contribution >= 0.6 is 0 Å². The lowest BCUT2D eigenvalue weighted by Crippen LogP contribution is -2.45. The van der Waals surface area contributed by atoms with Crippen molar-refractivity contribution in [3.8, 4) is 5.75 Å². The molecule has 2 unspecified atom stereocenters. The second-order valence-electron chi connectivity index (χ2n) is 7.85. The number of amides is 1. The fraction of sp³-hybridized carbons (Fsp3) is 0.682. The molecular weight excluding hydrogens is 326 g/mol. The quantitative estimate of drug-likeness (QED) is 0.805. The standard InChI is InChI=1S/C22H33NO3/c1-5-10-26-21-13-15(2)19-7-6-18(14-20(19)17(21)4)16(3)22(24)23-8-11-25-12-9-23/h13,16,18H,5-12,14H2,1-4H3. The van der Waals surface area contributed by atoms with E-state index in [0.717, 1.165) is 51.1 Å². The number of carbonyl (C=O) groups excluding carboxylic acids is 1. The third kappa shape index (κ3) is 3.90. The molecule has 1 aliphatic carbocycles. The van der Waals surface area contributed by atoms with Crippen molar-refractivity contribution in [1.29, 1.82) is 0 Å². The van der Waals surface area contributed by atoms with E-state index in [1.807, 2.05) is 4.90 Å². The minimum Gasteiger partial charge on any atom is -0.493 e. The summed E-state index contributed by atoms with van der Waals surface area (Å²) in [5.74, 6) is 1.81. The molecule has 1 saturated heterocycles. The zero-order valence-corrected chi connectivity index (χ0v) is 16.8. The maximum Gasteiger partial charge on any atom is 0.225 e. The molecule has 2 atom stereocenters. The van der Waals surface area contributed by atoms with Gasteiger partial charge in [0.25, 0.3) is 0 Å². The van der Waals surface area contributed by atoms with Gasteiger partial charge in [-0.2, -0.15) is 0 Å². The Morgan fingerprint density at radius 1 is 1.31 bits per heavy atom. The van der Waals surface area contributed by atoms with E-state index in [2.05, 4.69) is 33.8 Å². The smallest absolute Gasteiger partial charge is 0.225 e. The SMILES string of the molecule is CCCOc1cc(C)c2c(c1C)CC(C(C)C(=O)N1CCOCC1)CC2. The van der Waals surface area contributed by atoms with Crippen LogP contribution < -0.4 is 4.74 Å². The van der Waals surface area contributed by atoms with E-state index in [-0.39, 0.29) is 5.92 Å². The molecule has 0 N–H and O–H groups in total. The van der Waals surface area contributed by atoms with Crippen molar-refractivity contribution in [3.63, 3.8) is 0 Å². The highest BCUT2D eigenvalue weighted by Gasteiger charge is 2.32. The molecular formula is C22H33NO3. The van der Waals surface area contributed by atoms with Crippen molar-refractivity contribution in [3.05, 3.63) is 28.3 Å². The van der Waals surface area contributed by atoms with Gasteiger partial charge in [0, 0.05) is 19.0 Å². The number of ether oxygens (including phenoxy) is 2. The molecule has 1 heterocycles. The first-order chi connectivity index (χ1) is 12.5. The van der Waals surface area contributed by atoms with Crippen LogP contribution in [0.5, 0.6) is 5.75 Å². The summed E-state index contributed by atoms with van der Waals surface area (Å²) in [5.41, 5.74) is 5.51. The molecule has 1 aromatic carbocycles. The van der Waals surface area contributed by atoms with Gasteiger partial charge < -0.3 is 14.4 Å². The fourth-order valence-corrected chi connectivity index (χ4v) is 4.39. The number of benzene rings is 1. The van der Waals surface area contributed by atoms with E-state index < -0.39 is 0 Å². The lowest BCUT2D eigenvalue weighted by molar-refractivity contribution is -0.141. The van der Waals surface area contributed by atoms with E-state index in [9.17, 15) is 4.79 Å². The lowest BCUT2D eigenvalue weighted by atomic mass is 9.74. The van der Waals surface area contributed by atoms with E-state index in [4.69, 9.17) is 9.47 Å². The van der Waals surface area contributed by atoms with Gasteiger partial charge in [-0.25, -0.2) is 0 Å². The van der Waals surface area contributed by atoms with Gasteiger partial charge in [-0.1, -0.05) is 13.8 Å². The molecule has 0 radical (unpaired) electrons. The molecule has 0 bridgehead atoms. The number of carbonyl (C=O) groups is 1. The minimum absolute atomic E-state index is 0.0705. The Kier molecular flexibility index (Phi) is 6.23. The Balaban J connectivity index is 1.77. The van der Waals surface area contributed by atoms with Crippen LogP contribution in [-0.4, -0.2) is 43.7 Å². The summed E-state index contributed by atoms with van der Waals surface area (Å²) in [7, 11) is 0. The van der Waals surface area contributed by atoms with Gasteiger partial charge >= 0.3 is 0 Å². The third-order valence-electron chi connectivity index (χ3n) is 6.12. The van der Waals surface area contributed by atoms with Crippen LogP contribution in [0.4, 0.5) is 0 Å². The fourth-order valence-electron chi connectivity index (χ4n) is 4.39. The first-order valence-electron chi connectivity index (χ1n) is 10.1. The average Bonchev–Trinajstić information content (AvgIpc) is 2.68. The molecule has 2 aliphatic rings. The molecule has 4 heteroatoms. The van der Waals surface area contributed by atoms with E-state index in [0.29, 0.717) is 25.0 Å². The zero-order valence-electron chi connectivity index (χ0n) is 16.8. The molecule has 1 amide bonds. The Morgan fingerprint density at radius 3 is 2.73 bits per heavy atom. The van der Waals surface area contributed by atoms with Crippen molar-refractivity contribution in [2.24, 2.45) is 11.8 Å². The Morgan fingerprint density at radius 2 is 2.04 bits per heavy atom. The van der Waals surface area contributed by atoms with Crippen LogP contribution in [0.25, 0.3) is 0 Å².